The number of nitrogens with zero attached hydrogens (tertiary/aromatic N) is 3. The largest absolute Gasteiger partial charge is 0.322 e. The number of thiophene rings is 1. The Bertz CT molecular complexity index is 1110. The van der Waals surface area contributed by atoms with Crippen molar-refractivity contribution in [2.45, 2.75) is 16.2 Å². The molecule has 3 aromatic heterocycles. The van der Waals surface area contributed by atoms with Crippen molar-refractivity contribution in [3.8, 4) is 11.3 Å². The molecule has 0 saturated carbocycles. The van der Waals surface area contributed by atoms with Crippen molar-refractivity contribution in [2.75, 3.05) is 5.32 Å². The first-order chi connectivity index (χ1) is 13.6. The zero-order valence-electron chi connectivity index (χ0n) is 14.5. The van der Waals surface area contributed by atoms with E-state index < -0.39 is 0 Å². The predicted molar refractivity (Wildman–Crippen MR) is 116 cm³/mol. The molecule has 0 aliphatic heterocycles. The summed E-state index contributed by atoms with van der Waals surface area (Å²) < 4.78 is 0.811. The summed E-state index contributed by atoms with van der Waals surface area (Å²) in [5.41, 5.74) is 5.41. The fourth-order valence-electron chi connectivity index (χ4n) is 2.53. The highest BCUT2D eigenvalue weighted by atomic mass is 35.5. The number of benzene rings is 1. The second-order valence-corrected chi connectivity index (χ2v) is 9.06. The Hall–Kier alpha value is -2.26. The summed E-state index contributed by atoms with van der Waals surface area (Å²) in [6, 6.07) is 11.1. The lowest BCUT2D eigenvalue weighted by molar-refractivity contribution is 0.102. The van der Waals surface area contributed by atoms with Crippen LogP contribution in [-0.2, 0) is 0 Å². The lowest BCUT2D eigenvalue weighted by Crippen LogP contribution is -2.14. The highest BCUT2D eigenvalue weighted by Crippen LogP contribution is 2.35. The molecule has 0 atom stereocenters. The number of carbonyl (C=O) groups excluding carboxylic acids is 1. The number of aryl methyl sites for hydroxylation is 1. The molecule has 0 unspecified atom stereocenters. The Morgan fingerprint density at radius 1 is 1.21 bits per heavy atom. The molecular formula is C19H13ClN4OS3. The van der Waals surface area contributed by atoms with E-state index in [1.807, 2.05) is 41.9 Å². The van der Waals surface area contributed by atoms with Crippen LogP contribution >= 0.6 is 46.0 Å². The number of carbonyl (C=O) groups is 1. The topological polar surface area (TPSA) is 67.8 Å². The molecule has 1 amide bonds. The molecule has 3 heterocycles. The lowest BCUT2D eigenvalue weighted by atomic mass is 10.1. The van der Waals surface area contributed by atoms with E-state index in [9.17, 15) is 4.79 Å². The monoisotopic (exact) mass is 444 g/mol. The second-order valence-electron chi connectivity index (χ2n) is 5.75. The van der Waals surface area contributed by atoms with Gasteiger partial charge in [-0.15, -0.1) is 10.2 Å². The number of hydrogen-bond donors (Lipinski definition) is 1. The Morgan fingerprint density at radius 3 is 2.79 bits per heavy atom. The highest BCUT2D eigenvalue weighted by molar-refractivity contribution is 8.01. The van der Waals surface area contributed by atoms with Gasteiger partial charge in [-0.2, -0.15) is 11.3 Å². The molecule has 5 nitrogen and oxygen atoms in total. The molecule has 0 radical (unpaired) electrons. The SMILES string of the molecule is Cc1nc(-c2ccsc2)ccc1C(=O)Nc1ccc(Sc2nncs2)c(Cl)c1. The van der Waals surface area contributed by atoms with Crippen molar-refractivity contribution in [1.29, 1.82) is 0 Å². The van der Waals surface area contributed by atoms with Crippen LogP contribution in [0.4, 0.5) is 5.69 Å². The van der Waals surface area contributed by atoms with E-state index in [2.05, 4.69) is 20.5 Å². The summed E-state index contributed by atoms with van der Waals surface area (Å²) in [4.78, 5) is 18.1. The van der Waals surface area contributed by atoms with Gasteiger partial charge in [0.15, 0.2) is 4.34 Å². The number of halogens is 1. The van der Waals surface area contributed by atoms with Crippen molar-refractivity contribution in [3.05, 3.63) is 68.9 Å². The smallest absolute Gasteiger partial charge is 0.257 e. The molecule has 4 aromatic rings. The van der Waals surface area contributed by atoms with Gasteiger partial charge in [-0.1, -0.05) is 34.7 Å². The molecule has 0 spiro atoms. The third-order valence-electron chi connectivity index (χ3n) is 3.87. The lowest BCUT2D eigenvalue weighted by Gasteiger charge is -2.10. The fourth-order valence-corrected chi connectivity index (χ4v) is 4.92. The van der Waals surface area contributed by atoms with Crippen molar-refractivity contribution in [2.24, 2.45) is 0 Å². The van der Waals surface area contributed by atoms with Gasteiger partial charge >= 0.3 is 0 Å². The van der Waals surface area contributed by atoms with Gasteiger partial charge < -0.3 is 5.32 Å². The quantitative estimate of drug-likeness (QED) is 0.407. The maximum absolute atomic E-state index is 12.7. The first-order valence-electron chi connectivity index (χ1n) is 8.15. The van der Waals surface area contributed by atoms with Crippen LogP contribution in [-0.4, -0.2) is 21.1 Å². The number of nitrogens with one attached hydrogen (secondary N) is 1. The van der Waals surface area contributed by atoms with Gasteiger partial charge in [-0.05, 0) is 48.7 Å². The average molecular weight is 445 g/mol. The zero-order valence-corrected chi connectivity index (χ0v) is 17.8. The van der Waals surface area contributed by atoms with Crippen LogP contribution in [0, 0.1) is 6.92 Å². The van der Waals surface area contributed by atoms with Gasteiger partial charge in [-0.3, -0.25) is 9.78 Å². The number of amides is 1. The van der Waals surface area contributed by atoms with Crippen LogP contribution in [0.1, 0.15) is 16.1 Å². The number of rotatable bonds is 5. The second kappa shape index (κ2) is 8.40. The summed E-state index contributed by atoms with van der Waals surface area (Å²) in [5.74, 6) is -0.220. The van der Waals surface area contributed by atoms with Gasteiger partial charge in [0.2, 0.25) is 0 Å². The normalized spacial score (nSPS) is 10.8. The third-order valence-corrected chi connectivity index (χ3v) is 6.84. The average Bonchev–Trinajstić information content (AvgIpc) is 3.37. The van der Waals surface area contributed by atoms with Crippen molar-refractivity contribution in [3.63, 3.8) is 0 Å². The molecule has 1 N–H and O–H groups in total. The maximum atomic E-state index is 12.7. The van der Waals surface area contributed by atoms with E-state index in [1.165, 1.54) is 23.1 Å². The molecular weight excluding hydrogens is 432 g/mol. The minimum atomic E-state index is -0.220. The molecule has 28 heavy (non-hydrogen) atoms. The molecule has 0 saturated heterocycles. The Labute approximate surface area is 178 Å². The van der Waals surface area contributed by atoms with Gasteiger partial charge in [-0.25, -0.2) is 0 Å². The minimum absolute atomic E-state index is 0.220. The molecule has 1 aromatic carbocycles. The standard InChI is InChI=1S/C19H13ClN4OS3/c1-11-14(3-4-16(22-11)12-6-7-26-9-12)18(25)23-13-2-5-17(15(20)8-13)28-19-24-21-10-27-19/h2-10H,1H3,(H,23,25). The summed E-state index contributed by atoms with van der Waals surface area (Å²) in [7, 11) is 0. The molecule has 0 bridgehead atoms. The number of aromatic nitrogens is 3. The minimum Gasteiger partial charge on any atom is -0.322 e. The molecule has 0 aliphatic carbocycles. The molecule has 0 aliphatic rings. The fraction of sp³-hybridized carbons (Fsp3) is 0.0526. The number of hydrogen-bond acceptors (Lipinski definition) is 7. The van der Waals surface area contributed by atoms with Crippen LogP contribution in [0.2, 0.25) is 5.02 Å². The Kier molecular flexibility index (Phi) is 5.72. The highest BCUT2D eigenvalue weighted by Gasteiger charge is 2.13. The van der Waals surface area contributed by atoms with E-state index >= 15 is 0 Å². The van der Waals surface area contributed by atoms with Crippen LogP contribution in [0.5, 0.6) is 0 Å². The van der Waals surface area contributed by atoms with Crippen molar-refractivity contribution < 1.29 is 4.79 Å². The Balaban J connectivity index is 1.49. The zero-order chi connectivity index (χ0) is 19.5. The van der Waals surface area contributed by atoms with E-state index in [1.54, 1.807) is 29.0 Å². The van der Waals surface area contributed by atoms with Crippen LogP contribution in [0.15, 0.2) is 61.9 Å². The van der Waals surface area contributed by atoms with Crippen molar-refractivity contribution in [1.82, 2.24) is 15.2 Å². The first kappa shape index (κ1) is 19.1. The van der Waals surface area contributed by atoms with Gasteiger partial charge in [0.05, 0.1) is 22.0 Å². The molecule has 140 valence electrons. The predicted octanol–water partition coefficient (Wildman–Crippen LogP) is 6.03. The van der Waals surface area contributed by atoms with Crippen LogP contribution in [0.3, 0.4) is 0 Å². The summed E-state index contributed by atoms with van der Waals surface area (Å²) in [6.45, 7) is 1.83. The van der Waals surface area contributed by atoms with Gasteiger partial charge in [0.1, 0.15) is 5.51 Å². The Morgan fingerprint density at radius 2 is 2.11 bits per heavy atom. The van der Waals surface area contributed by atoms with E-state index in [-0.39, 0.29) is 5.91 Å². The van der Waals surface area contributed by atoms with E-state index in [4.69, 9.17) is 11.6 Å². The van der Waals surface area contributed by atoms with Crippen LogP contribution < -0.4 is 5.32 Å². The number of pyridine rings is 1. The van der Waals surface area contributed by atoms with Crippen molar-refractivity contribution >= 4 is 57.6 Å². The van der Waals surface area contributed by atoms with E-state index in [0.717, 1.165) is 20.5 Å². The summed E-state index contributed by atoms with van der Waals surface area (Å²) >= 11 is 10.9. The number of anilines is 1. The molecule has 9 heteroatoms. The van der Waals surface area contributed by atoms with Crippen LogP contribution in [0.25, 0.3) is 11.3 Å². The summed E-state index contributed by atoms with van der Waals surface area (Å²) in [5, 5.41) is 15.3. The maximum Gasteiger partial charge on any atom is 0.257 e. The summed E-state index contributed by atoms with van der Waals surface area (Å²) in [6.07, 6.45) is 0. The van der Waals surface area contributed by atoms with Gasteiger partial charge in [0.25, 0.3) is 5.91 Å². The van der Waals surface area contributed by atoms with E-state index in [0.29, 0.717) is 22.0 Å². The first-order valence-corrected chi connectivity index (χ1v) is 11.2. The molecule has 0 fully saturated rings. The third kappa shape index (κ3) is 4.25. The molecule has 4 rings (SSSR count). The van der Waals surface area contributed by atoms with Gasteiger partial charge in [0, 0.05) is 21.5 Å².